The number of benzene rings is 1. The quantitative estimate of drug-likeness (QED) is 0.697. The SMILES string of the molecule is COc1cc(F)ccc1C(=O)N1CCc2ncc(-c3c(C)cnn3C)n2CC1. The molecule has 0 bridgehead atoms. The molecule has 2 aromatic heterocycles. The van der Waals surface area contributed by atoms with E-state index in [2.05, 4.69) is 14.6 Å². The number of ether oxygens (including phenoxy) is 1. The second-order valence-corrected chi connectivity index (χ2v) is 6.90. The summed E-state index contributed by atoms with van der Waals surface area (Å²) < 4.78 is 22.7. The first-order chi connectivity index (χ1) is 13.5. The minimum Gasteiger partial charge on any atom is -0.496 e. The van der Waals surface area contributed by atoms with Crippen LogP contribution in [0.2, 0.25) is 0 Å². The van der Waals surface area contributed by atoms with E-state index in [0.29, 0.717) is 31.6 Å². The summed E-state index contributed by atoms with van der Waals surface area (Å²) in [4.78, 5) is 19.4. The Labute approximate surface area is 162 Å². The van der Waals surface area contributed by atoms with E-state index >= 15 is 0 Å². The number of carbonyl (C=O) groups is 1. The Morgan fingerprint density at radius 2 is 2.04 bits per heavy atom. The van der Waals surface area contributed by atoms with Gasteiger partial charge in [-0.2, -0.15) is 5.10 Å². The molecule has 0 radical (unpaired) electrons. The summed E-state index contributed by atoms with van der Waals surface area (Å²) in [6, 6.07) is 3.99. The van der Waals surface area contributed by atoms with E-state index in [0.717, 1.165) is 22.8 Å². The Hall–Kier alpha value is -3.16. The van der Waals surface area contributed by atoms with Crippen LogP contribution < -0.4 is 4.74 Å². The molecule has 0 atom stereocenters. The van der Waals surface area contributed by atoms with Crippen LogP contribution in [0.25, 0.3) is 11.4 Å². The maximum atomic E-state index is 13.5. The monoisotopic (exact) mass is 383 g/mol. The van der Waals surface area contributed by atoms with Crippen molar-refractivity contribution in [2.45, 2.75) is 19.9 Å². The summed E-state index contributed by atoms with van der Waals surface area (Å²) in [5, 5.41) is 4.32. The Balaban J connectivity index is 1.60. The first kappa shape index (κ1) is 18.2. The lowest BCUT2D eigenvalue weighted by Crippen LogP contribution is -2.34. The van der Waals surface area contributed by atoms with Crippen molar-refractivity contribution >= 4 is 5.91 Å². The molecule has 8 heteroatoms. The van der Waals surface area contributed by atoms with E-state index in [-0.39, 0.29) is 11.7 Å². The highest BCUT2D eigenvalue weighted by molar-refractivity contribution is 5.97. The predicted molar refractivity (Wildman–Crippen MR) is 102 cm³/mol. The summed E-state index contributed by atoms with van der Waals surface area (Å²) in [7, 11) is 3.35. The van der Waals surface area contributed by atoms with E-state index in [4.69, 9.17) is 4.74 Å². The van der Waals surface area contributed by atoms with Crippen molar-refractivity contribution in [2.75, 3.05) is 20.2 Å². The van der Waals surface area contributed by atoms with Gasteiger partial charge in [-0.1, -0.05) is 0 Å². The van der Waals surface area contributed by atoms with Crippen LogP contribution in [-0.2, 0) is 20.0 Å². The van der Waals surface area contributed by atoms with Crippen molar-refractivity contribution in [1.82, 2.24) is 24.2 Å². The van der Waals surface area contributed by atoms with E-state index in [9.17, 15) is 9.18 Å². The van der Waals surface area contributed by atoms with Gasteiger partial charge >= 0.3 is 0 Å². The molecule has 1 aliphatic heterocycles. The van der Waals surface area contributed by atoms with Crippen LogP contribution in [0.1, 0.15) is 21.7 Å². The molecule has 0 aliphatic carbocycles. The van der Waals surface area contributed by atoms with Crippen molar-refractivity contribution < 1.29 is 13.9 Å². The van der Waals surface area contributed by atoms with Gasteiger partial charge in [-0.05, 0) is 24.6 Å². The number of aryl methyl sites for hydroxylation is 2. The fourth-order valence-electron chi connectivity index (χ4n) is 3.75. The highest BCUT2D eigenvalue weighted by atomic mass is 19.1. The number of nitrogens with zero attached hydrogens (tertiary/aromatic N) is 5. The standard InChI is InChI=1S/C20H22FN5O2/c1-13-11-23-24(2)19(13)16-12-22-18-6-7-25(8-9-26(16)18)20(27)15-5-4-14(21)10-17(15)28-3/h4-5,10-12H,6-9H2,1-3H3. The average molecular weight is 383 g/mol. The number of amides is 1. The van der Waals surface area contributed by atoms with Crippen LogP contribution in [0.3, 0.4) is 0 Å². The number of rotatable bonds is 3. The van der Waals surface area contributed by atoms with E-state index in [1.165, 1.54) is 25.3 Å². The molecule has 3 aromatic rings. The predicted octanol–water partition coefficient (Wildman–Crippen LogP) is 2.44. The summed E-state index contributed by atoms with van der Waals surface area (Å²) in [5.41, 5.74) is 3.48. The molecular formula is C20H22FN5O2. The maximum Gasteiger partial charge on any atom is 0.257 e. The lowest BCUT2D eigenvalue weighted by atomic mass is 10.1. The van der Waals surface area contributed by atoms with Crippen LogP contribution in [-0.4, -0.2) is 50.3 Å². The van der Waals surface area contributed by atoms with Gasteiger partial charge in [0.05, 0.1) is 36.5 Å². The molecule has 0 saturated heterocycles. The molecule has 4 rings (SSSR count). The Bertz CT molecular complexity index is 1020. The Morgan fingerprint density at radius 1 is 1.21 bits per heavy atom. The number of halogens is 1. The van der Waals surface area contributed by atoms with Gasteiger partial charge in [0.15, 0.2) is 0 Å². The molecule has 1 aliphatic rings. The van der Waals surface area contributed by atoms with Gasteiger partial charge in [-0.25, -0.2) is 9.37 Å². The van der Waals surface area contributed by atoms with Crippen molar-refractivity contribution in [1.29, 1.82) is 0 Å². The van der Waals surface area contributed by atoms with E-state index < -0.39 is 5.82 Å². The van der Waals surface area contributed by atoms with E-state index in [1.54, 1.807) is 4.90 Å². The number of fused-ring (bicyclic) bond motifs is 1. The molecule has 146 valence electrons. The van der Waals surface area contributed by atoms with Gasteiger partial charge in [-0.3, -0.25) is 9.48 Å². The highest BCUT2D eigenvalue weighted by Gasteiger charge is 2.25. The minimum atomic E-state index is -0.430. The van der Waals surface area contributed by atoms with Gasteiger partial charge < -0.3 is 14.2 Å². The molecule has 0 unspecified atom stereocenters. The fraction of sp³-hybridized carbons (Fsp3) is 0.350. The van der Waals surface area contributed by atoms with Gasteiger partial charge in [0, 0.05) is 39.2 Å². The molecule has 0 N–H and O–H groups in total. The van der Waals surface area contributed by atoms with Gasteiger partial charge in [0.25, 0.3) is 5.91 Å². The Kier molecular flexibility index (Phi) is 4.62. The van der Waals surface area contributed by atoms with Crippen LogP contribution in [0.4, 0.5) is 4.39 Å². The molecule has 1 amide bonds. The first-order valence-electron chi connectivity index (χ1n) is 9.15. The minimum absolute atomic E-state index is 0.166. The van der Waals surface area contributed by atoms with Crippen LogP contribution in [0.5, 0.6) is 5.75 Å². The van der Waals surface area contributed by atoms with Crippen molar-refractivity contribution in [2.24, 2.45) is 7.05 Å². The molecule has 3 heterocycles. The van der Waals surface area contributed by atoms with Gasteiger partial charge in [0.2, 0.25) is 0 Å². The Morgan fingerprint density at radius 3 is 2.75 bits per heavy atom. The lowest BCUT2D eigenvalue weighted by Gasteiger charge is -2.21. The number of hydrogen-bond donors (Lipinski definition) is 0. The number of methoxy groups -OCH3 is 1. The van der Waals surface area contributed by atoms with E-state index in [1.807, 2.05) is 31.0 Å². The highest BCUT2D eigenvalue weighted by Crippen LogP contribution is 2.26. The third-order valence-corrected chi connectivity index (χ3v) is 5.18. The van der Waals surface area contributed by atoms with Crippen LogP contribution in [0.15, 0.2) is 30.6 Å². The van der Waals surface area contributed by atoms with Gasteiger partial charge in [0.1, 0.15) is 17.4 Å². The summed E-state index contributed by atoms with van der Waals surface area (Å²) >= 11 is 0. The summed E-state index contributed by atoms with van der Waals surface area (Å²) in [6.07, 6.45) is 4.36. The normalized spacial score (nSPS) is 13.9. The molecule has 0 fully saturated rings. The molecule has 28 heavy (non-hydrogen) atoms. The van der Waals surface area contributed by atoms with Crippen molar-refractivity contribution in [3.8, 4) is 17.1 Å². The average Bonchev–Trinajstić information content (AvgIpc) is 3.15. The molecular weight excluding hydrogens is 361 g/mol. The second kappa shape index (κ2) is 7.10. The zero-order valence-electron chi connectivity index (χ0n) is 16.1. The number of carbonyl (C=O) groups excluding carboxylic acids is 1. The molecule has 0 spiro atoms. The number of aromatic nitrogens is 4. The third-order valence-electron chi connectivity index (χ3n) is 5.18. The summed E-state index contributed by atoms with van der Waals surface area (Å²) in [5.74, 6) is 0.594. The molecule has 0 saturated carbocycles. The van der Waals surface area contributed by atoms with Crippen molar-refractivity contribution in [3.63, 3.8) is 0 Å². The van der Waals surface area contributed by atoms with Crippen LogP contribution >= 0.6 is 0 Å². The largest absolute Gasteiger partial charge is 0.496 e. The fourth-order valence-corrected chi connectivity index (χ4v) is 3.75. The maximum absolute atomic E-state index is 13.5. The molecule has 7 nitrogen and oxygen atoms in total. The topological polar surface area (TPSA) is 65.2 Å². The second-order valence-electron chi connectivity index (χ2n) is 6.90. The van der Waals surface area contributed by atoms with Gasteiger partial charge in [-0.15, -0.1) is 0 Å². The number of imidazole rings is 1. The zero-order valence-corrected chi connectivity index (χ0v) is 16.1. The number of hydrogen-bond acceptors (Lipinski definition) is 4. The van der Waals surface area contributed by atoms with Crippen molar-refractivity contribution in [3.05, 3.63) is 53.4 Å². The lowest BCUT2D eigenvalue weighted by molar-refractivity contribution is 0.0755. The molecule has 1 aromatic carbocycles. The first-order valence-corrected chi connectivity index (χ1v) is 9.15. The smallest absolute Gasteiger partial charge is 0.257 e. The summed E-state index contributed by atoms with van der Waals surface area (Å²) in [6.45, 7) is 3.73. The third kappa shape index (κ3) is 3.04. The van der Waals surface area contributed by atoms with Crippen LogP contribution in [0, 0.1) is 12.7 Å². The zero-order chi connectivity index (χ0) is 19.8.